The molecule has 4 N–H and O–H groups in total. The van der Waals surface area contributed by atoms with E-state index in [-0.39, 0.29) is 25.5 Å². The second-order valence-electron chi connectivity index (χ2n) is 14.2. The molecule has 6 rings (SSSR count). The fourth-order valence-electron chi connectivity index (χ4n) is 8.07. The van der Waals surface area contributed by atoms with Gasteiger partial charge in [0, 0.05) is 29.7 Å². The molecule has 0 saturated heterocycles. The molecule has 19 heteroatoms. The van der Waals surface area contributed by atoms with Crippen molar-refractivity contribution in [3.63, 3.8) is 0 Å². The van der Waals surface area contributed by atoms with E-state index >= 15 is 0 Å². The molecule has 0 radical (unpaired) electrons. The molecule has 54 heavy (non-hydrogen) atoms. The van der Waals surface area contributed by atoms with Crippen molar-refractivity contribution in [3.8, 4) is 0 Å². The first-order valence-corrected chi connectivity index (χ1v) is 21.9. The lowest BCUT2D eigenvalue weighted by atomic mass is 9.84. The summed E-state index contributed by atoms with van der Waals surface area (Å²) in [5, 5.41) is 10.7. The summed E-state index contributed by atoms with van der Waals surface area (Å²) in [6.45, 7) is 3.13. The van der Waals surface area contributed by atoms with Crippen molar-refractivity contribution >= 4 is 53.2 Å². The highest BCUT2D eigenvalue weighted by Gasteiger charge is 2.55. The van der Waals surface area contributed by atoms with Crippen LogP contribution in [-0.2, 0) is 50.7 Å². The summed E-state index contributed by atoms with van der Waals surface area (Å²) in [6.07, 6.45) is 11.1. The van der Waals surface area contributed by atoms with Crippen LogP contribution in [0.2, 0.25) is 0 Å². The Kier molecular flexibility index (Phi) is 10.6. The molecule has 2 aromatic heterocycles. The SMILES string of the molecule is CC12CCC(C=CC(=CC=C3CCC4(C)C3=[N+](CC(=O)CS(=O)(=O)O)c3cccnc34)OCCS(=O)(=O)O)=C1N(CC(O)CS(=O)(=O)O)c1cccnc12. The number of β-amino-alcohol motifs (C(OH)–C–C–N with tert-alkyl or cyclic N) is 1. The van der Waals surface area contributed by atoms with Gasteiger partial charge in [0.1, 0.15) is 40.7 Å². The summed E-state index contributed by atoms with van der Waals surface area (Å²) in [5.74, 6) is -3.08. The van der Waals surface area contributed by atoms with Crippen LogP contribution in [-0.4, -0.2) is 113 Å². The van der Waals surface area contributed by atoms with Gasteiger partial charge in [0.15, 0.2) is 5.71 Å². The van der Waals surface area contributed by atoms with E-state index in [0.29, 0.717) is 42.8 Å². The average Bonchev–Trinajstić information content (AvgIpc) is 3.71. The zero-order chi connectivity index (χ0) is 39.3. The summed E-state index contributed by atoms with van der Waals surface area (Å²) in [5.41, 5.74) is 4.69. The first-order chi connectivity index (χ1) is 25.2. The zero-order valence-corrected chi connectivity index (χ0v) is 31.9. The number of anilines is 1. The molecule has 2 aliphatic heterocycles. The van der Waals surface area contributed by atoms with Gasteiger partial charge in [-0.05, 0) is 81.5 Å². The molecular formula is C35H41N4O12S3+. The van der Waals surface area contributed by atoms with Crippen molar-refractivity contribution in [1.82, 2.24) is 9.97 Å². The predicted octanol–water partition coefficient (Wildman–Crippen LogP) is 2.43. The van der Waals surface area contributed by atoms with E-state index in [1.165, 1.54) is 0 Å². The van der Waals surface area contributed by atoms with Crippen molar-refractivity contribution in [1.29, 1.82) is 0 Å². The average molecular weight is 806 g/mol. The minimum absolute atomic E-state index is 0.141. The molecule has 0 spiro atoms. The molecule has 0 bridgehead atoms. The highest BCUT2D eigenvalue weighted by Crippen LogP contribution is 2.55. The third-order valence-electron chi connectivity index (χ3n) is 10.2. The highest BCUT2D eigenvalue weighted by molar-refractivity contribution is 7.86. The predicted molar refractivity (Wildman–Crippen MR) is 197 cm³/mol. The summed E-state index contributed by atoms with van der Waals surface area (Å²) in [7, 11) is -13.4. The van der Waals surface area contributed by atoms with Crippen LogP contribution in [0.3, 0.4) is 0 Å². The number of rotatable bonds is 15. The van der Waals surface area contributed by atoms with E-state index < -0.39 is 70.3 Å². The number of ketones is 1. The van der Waals surface area contributed by atoms with Crippen LogP contribution in [0.25, 0.3) is 0 Å². The summed E-state index contributed by atoms with van der Waals surface area (Å²) in [4.78, 5) is 23.8. The normalized spacial score (nSPS) is 24.0. The van der Waals surface area contributed by atoms with Crippen molar-refractivity contribution in [2.24, 2.45) is 0 Å². The number of aliphatic hydroxyl groups is 1. The summed E-state index contributed by atoms with van der Waals surface area (Å²) < 4.78 is 105. The number of carbonyl (C=O) groups excluding carboxylic acids is 1. The molecule has 16 nitrogen and oxygen atoms in total. The Morgan fingerprint density at radius 3 is 2.33 bits per heavy atom. The van der Waals surface area contributed by atoms with E-state index in [4.69, 9.17) is 4.74 Å². The number of aliphatic hydroxyl groups excluding tert-OH is 1. The molecule has 0 amide bonds. The van der Waals surface area contributed by atoms with Crippen LogP contribution in [0.1, 0.15) is 50.9 Å². The van der Waals surface area contributed by atoms with Gasteiger partial charge in [-0.1, -0.05) is 6.08 Å². The van der Waals surface area contributed by atoms with E-state index in [1.807, 2.05) is 19.9 Å². The van der Waals surface area contributed by atoms with Crippen LogP contribution in [0.4, 0.5) is 11.4 Å². The maximum Gasteiger partial charge on any atom is 0.272 e. The lowest BCUT2D eigenvalue weighted by Gasteiger charge is -2.27. The monoisotopic (exact) mass is 805 g/mol. The number of allylic oxidation sites excluding steroid dienone is 7. The Balaban J connectivity index is 1.39. The highest BCUT2D eigenvalue weighted by atomic mass is 32.2. The molecular weight excluding hydrogens is 765 g/mol. The van der Waals surface area contributed by atoms with Gasteiger partial charge in [0.2, 0.25) is 18.0 Å². The Morgan fingerprint density at radius 1 is 0.963 bits per heavy atom. The molecule has 2 aliphatic carbocycles. The number of nitrogens with zero attached hydrogens (tertiary/aromatic N) is 4. The lowest BCUT2D eigenvalue weighted by molar-refractivity contribution is -0.425. The first-order valence-electron chi connectivity index (χ1n) is 17.0. The Bertz CT molecular complexity index is 2390. The van der Waals surface area contributed by atoms with Crippen LogP contribution >= 0.6 is 0 Å². The van der Waals surface area contributed by atoms with Gasteiger partial charge >= 0.3 is 0 Å². The topological polar surface area (TPSA) is 242 Å². The van der Waals surface area contributed by atoms with Gasteiger partial charge in [-0.15, -0.1) is 0 Å². The minimum atomic E-state index is -4.56. The number of aromatic nitrogens is 2. The van der Waals surface area contributed by atoms with Gasteiger partial charge in [0.25, 0.3) is 30.4 Å². The number of ether oxygens (including phenoxy) is 1. The van der Waals surface area contributed by atoms with Crippen molar-refractivity contribution in [2.45, 2.75) is 56.5 Å². The molecule has 1 fully saturated rings. The molecule has 3 unspecified atom stereocenters. The van der Waals surface area contributed by atoms with Crippen LogP contribution in [0.5, 0.6) is 0 Å². The van der Waals surface area contributed by atoms with E-state index in [1.54, 1.807) is 64.4 Å². The summed E-state index contributed by atoms with van der Waals surface area (Å²) in [6, 6.07) is 7.04. The third-order valence-corrected chi connectivity index (χ3v) is 12.3. The quantitative estimate of drug-likeness (QED) is 0.0875. The second-order valence-corrected chi connectivity index (χ2v) is 18.7. The molecule has 4 heterocycles. The number of Topliss-reactive ketones (excluding diaryl/α,β-unsaturated/α-hetero) is 1. The zero-order valence-electron chi connectivity index (χ0n) is 29.5. The first kappa shape index (κ1) is 39.6. The Hall–Kier alpha value is -4.11. The number of carbonyl (C=O) groups is 1. The van der Waals surface area contributed by atoms with Crippen LogP contribution < -0.4 is 4.90 Å². The largest absolute Gasteiger partial charge is 0.492 e. The molecule has 3 atom stereocenters. The van der Waals surface area contributed by atoms with Gasteiger partial charge < -0.3 is 14.7 Å². The Morgan fingerprint density at radius 2 is 1.65 bits per heavy atom. The van der Waals surface area contributed by atoms with E-state index in [9.17, 15) is 48.8 Å². The number of fused-ring (bicyclic) bond motifs is 6. The van der Waals surface area contributed by atoms with Crippen molar-refractivity contribution in [3.05, 3.63) is 95.0 Å². The smallest absolute Gasteiger partial charge is 0.272 e. The standard InChI is InChI=1S/C35H40N4O12S3/c1-34-13-11-23(32(34)38(19-25(40)21-53(45,46)47)28-5-3-15-36-30(28)34)7-9-27(51-17-18-52(42,43)44)10-8-24-12-14-35(2)31-29(6-4-16-37-31)39(33(24)35)20-26(41)22-54(48,49)50/h3-10,15-16,25,40H,11-14,17-22H2,1-2H3,(H2-,42,43,44,45,46,47,48,49,50)/p+1. The summed E-state index contributed by atoms with van der Waals surface area (Å²) >= 11 is 0. The number of hydrogen-bond acceptors (Lipinski definition) is 12. The molecule has 290 valence electrons. The number of pyridine rings is 2. The fourth-order valence-corrected chi connectivity index (χ4v) is 9.45. The fraction of sp³-hybridized carbons (Fsp3) is 0.429. The van der Waals surface area contributed by atoms with Crippen LogP contribution in [0, 0.1) is 0 Å². The van der Waals surface area contributed by atoms with Crippen molar-refractivity contribution in [2.75, 3.05) is 41.9 Å². The van der Waals surface area contributed by atoms with Gasteiger partial charge in [-0.25, -0.2) is 0 Å². The maximum absolute atomic E-state index is 12.8. The van der Waals surface area contributed by atoms with Gasteiger partial charge in [-0.3, -0.25) is 28.4 Å². The van der Waals surface area contributed by atoms with Crippen molar-refractivity contribution < 1.29 is 58.1 Å². The van der Waals surface area contributed by atoms with Gasteiger partial charge in [-0.2, -0.15) is 29.8 Å². The van der Waals surface area contributed by atoms with E-state index in [0.717, 1.165) is 28.2 Å². The van der Waals surface area contributed by atoms with Gasteiger partial charge in [0.05, 0.1) is 29.4 Å². The molecule has 2 aromatic rings. The third kappa shape index (κ3) is 8.26. The molecule has 1 saturated carbocycles. The minimum Gasteiger partial charge on any atom is -0.492 e. The molecule has 0 aromatic carbocycles. The second kappa shape index (κ2) is 14.5. The number of hydrogen-bond donors (Lipinski definition) is 4. The Labute approximate surface area is 313 Å². The maximum atomic E-state index is 12.8. The lowest BCUT2D eigenvalue weighted by Crippen LogP contribution is -2.36. The van der Waals surface area contributed by atoms with Crippen LogP contribution in [0.15, 0.2) is 83.6 Å². The van der Waals surface area contributed by atoms with E-state index in [2.05, 4.69) is 9.97 Å². The molecule has 4 aliphatic rings.